The van der Waals surface area contributed by atoms with E-state index >= 15 is 0 Å². The van der Waals surface area contributed by atoms with Crippen molar-refractivity contribution in [2.45, 2.75) is 88.0 Å². The fraction of sp³-hybridized carbons (Fsp3) is 0.600. The molecule has 228 valence electrons. The zero-order valence-corrected chi connectivity index (χ0v) is 25.4. The van der Waals surface area contributed by atoms with Crippen molar-refractivity contribution in [3.8, 4) is 0 Å². The average Bonchev–Trinajstić information content (AvgIpc) is 3.42. The van der Waals surface area contributed by atoms with Crippen molar-refractivity contribution < 1.29 is 25.2 Å². The maximum Gasteiger partial charge on any atom is 0.339 e. The van der Waals surface area contributed by atoms with Crippen molar-refractivity contribution in [2.75, 3.05) is 26.2 Å². The standard InChI is InChI=1S/2C15H20N2O3S/c2*18-21(19)17-10-9-16(11-12-5-2-1-3-6-12)13-7-4-8-14(20-21)15(13)17/h2*1-3,5-6,13-15H,4,7-11H2/t2*13-,14+,15-/m10/s1. The lowest BCUT2D eigenvalue weighted by molar-refractivity contribution is 0.00867. The van der Waals surface area contributed by atoms with Crippen molar-refractivity contribution in [2.24, 2.45) is 0 Å². The van der Waals surface area contributed by atoms with Crippen molar-refractivity contribution in [3.05, 3.63) is 71.8 Å². The number of hydrogen-bond donors (Lipinski definition) is 0. The minimum absolute atomic E-state index is 0.0150. The van der Waals surface area contributed by atoms with E-state index in [1.807, 2.05) is 12.1 Å². The van der Waals surface area contributed by atoms with Crippen LogP contribution in [-0.2, 0) is 42.1 Å². The molecule has 0 aromatic heterocycles. The van der Waals surface area contributed by atoms with Gasteiger partial charge in [-0.1, -0.05) is 60.7 Å². The van der Waals surface area contributed by atoms with Crippen LogP contribution in [0.3, 0.4) is 0 Å². The molecule has 2 saturated carbocycles. The number of rotatable bonds is 4. The second kappa shape index (κ2) is 11.6. The van der Waals surface area contributed by atoms with Gasteiger partial charge in [0, 0.05) is 51.4 Å². The van der Waals surface area contributed by atoms with Crippen LogP contribution in [0.2, 0.25) is 0 Å². The number of piperazine rings is 2. The average molecular weight is 617 g/mol. The summed E-state index contributed by atoms with van der Waals surface area (Å²) in [6, 6.07) is 21.4. The molecule has 12 heteroatoms. The maximum absolute atomic E-state index is 12.1. The molecule has 10 nitrogen and oxygen atoms in total. The molecule has 2 aliphatic carbocycles. The molecule has 0 amide bonds. The van der Waals surface area contributed by atoms with Gasteiger partial charge in [0.1, 0.15) is 0 Å². The van der Waals surface area contributed by atoms with Crippen LogP contribution in [0.4, 0.5) is 0 Å². The summed E-state index contributed by atoms with van der Waals surface area (Å²) in [5.74, 6) is 0. The number of benzene rings is 2. The molecule has 0 N–H and O–H groups in total. The van der Waals surface area contributed by atoms with Gasteiger partial charge in [-0.05, 0) is 49.7 Å². The third-order valence-corrected chi connectivity index (χ3v) is 12.8. The molecule has 0 bridgehead atoms. The smallest absolute Gasteiger partial charge is 0.293 e. The van der Waals surface area contributed by atoms with E-state index in [2.05, 4.69) is 58.3 Å². The molecule has 4 aliphatic heterocycles. The summed E-state index contributed by atoms with van der Waals surface area (Å²) in [4.78, 5) is 4.87. The highest BCUT2D eigenvalue weighted by molar-refractivity contribution is 7.84. The molecular formula is C30H40N4O6S2. The fourth-order valence-electron chi connectivity index (χ4n) is 8.05. The highest BCUT2D eigenvalue weighted by Gasteiger charge is 2.56. The van der Waals surface area contributed by atoms with Gasteiger partial charge in [-0.3, -0.25) is 18.2 Å². The molecular weight excluding hydrogens is 576 g/mol. The van der Waals surface area contributed by atoms with E-state index in [9.17, 15) is 16.8 Å². The monoisotopic (exact) mass is 616 g/mol. The Morgan fingerprint density at radius 2 is 0.976 bits per heavy atom. The first kappa shape index (κ1) is 28.8. The van der Waals surface area contributed by atoms with Gasteiger partial charge in [-0.2, -0.15) is 25.4 Å². The summed E-state index contributed by atoms with van der Waals surface area (Å²) in [5.41, 5.74) is 2.57. The van der Waals surface area contributed by atoms with E-state index in [0.717, 1.165) is 64.7 Å². The minimum Gasteiger partial charge on any atom is -0.293 e. The SMILES string of the molecule is O=S1(=O)O[C@@H]2CCC[C@H]3[C@@H]2N1CCN3Cc1ccccc1.O=S1(=O)O[C@H]2CCC[C@@H]3[C@H]2N1CCN3Cc1ccccc1. The maximum atomic E-state index is 12.1. The second-order valence-corrected chi connectivity index (χ2v) is 15.3. The predicted molar refractivity (Wildman–Crippen MR) is 158 cm³/mol. The molecule has 2 aromatic carbocycles. The Bertz CT molecular complexity index is 1350. The first-order valence-electron chi connectivity index (χ1n) is 15.3. The van der Waals surface area contributed by atoms with Crippen molar-refractivity contribution in [3.63, 3.8) is 0 Å². The summed E-state index contributed by atoms with van der Waals surface area (Å²) < 4.78 is 62.2. The largest absolute Gasteiger partial charge is 0.339 e. The van der Waals surface area contributed by atoms with Gasteiger partial charge < -0.3 is 0 Å². The normalized spacial score (nSPS) is 35.5. The van der Waals surface area contributed by atoms with Crippen molar-refractivity contribution in [1.82, 2.24) is 18.4 Å². The number of hydrogen-bond acceptors (Lipinski definition) is 8. The lowest BCUT2D eigenvalue weighted by Gasteiger charge is -2.46. The Hall–Kier alpha value is -1.90. The molecule has 0 unspecified atom stereocenters. The summed E-state index contributed by atoms with van der Waals surface area (Å²) in [6.07, 6.45) is 5.62. The summed E-state index contributed by atoms with van der Waals surface area (Å²) in [5, 5.41) is 0. The van der Waals surface area contributed by atoms with E-state index in [1.54, 1.807) is 8.61 Å². The van der Waals surface area contributed by atoms with Gasteiger partial charge in [0.15, 0.2) is 0 Å². The Balaban J connectivity index is 0.000000137. The molecule has 0 spiro atoms. The van der Waals surface area contributed by atoms with Crippen LogP contribution in [-0.4, -0.2) is 97.8 Å². The van der Waals surface area contributed by atoms with E-state index in [1.165, 1.54) is 11.1 Å². The van der Waals surface area contributed by atoms with Gasteiger partial charge in [0.25, 0.3) is 0 Å². The zero-order chi connectivity index (χ0) is 28.9. The van der Waals surface area contributed by atoms with Crippen LogP contribution in [0.5, 0.6) is 0 Å². The van der Waals surface area contributed by atoms with Crippen LogP contribution >= 0.6 is 0 Å². The van der Waals surface area contributed by atoms with Crippen LogP contribution in [0.25, 0.3) is 0 Å². The lowest BCUT2D eigenvalue weighted by atomic mass is 9.85. The molecule has 6 atom stereocenters. The third-order valence-electron chi connectivity index (χ3n) is 9.87. The summed E-state index contributed by atoms with van der Waals surface area (Å²) >= 11 is 0. The van der Waals surface area contributed by atoms with Crippen molar-refractivity contribution in [1.29, 1.82) is 0 Å². The Labute approximate surface area is 249 Å². The Kier molecular flexibility index (Phi) is 7.93. The van der Waals surface area contributed by atoms with E-state index in [0.29, 0.717) is 13.1 Å². The van der Waals surface area contributed by atoms with Gasteiger partial charge in [0.2, 0.25) is 0 Å². The zero-order valence-electron chi connectivity index (χ0n) is 23.8. The van der Waals surface area contributed by atoms with Gasteiger partial charge >= 0.3 is 20.6 Å². The molecule has 4 heterocycles. The first-order chi connectivity index (χ1) is 20.3. The molecule has 4 saturated heterocycles. The summed E-state index contributed by atoms with van der Waals surface area (Å²) in [6.45, 7) is 4.45. The Morgan fingerprint density at radius 1 is 0.571 bits per heavy atom. The molecule has 42 heavy (non-hydrogen) atoms. The second-order valence-electron chi connectivity index (χ2n) is 12.3. The first-order valence-corrected chi connectivity index (χ1v) is 18.0. The lowest BCUT2D eigenvalue weighted by Crippen LogP contribution is -2.61. The van der Waals surface area contributed by atoms with E-state index in [-0.39, 0.29) is 36.4 Å². The molecule has 2 aromatic rings. The Morgan fingerprint density at radius 3 is 1.38 bits per heavy atom. The van der Waals surface area contributed by atoms with E-state index < -0.39 is 20.6 Å². The predicted octanol–water partition coefficient (Wildman–Crippen LogP) is 2.74. The summed E-state index contributed by atoms with van der Waals surface area (Å²) in [7, 11) is -6.98. The fourth-order valence-corrected chi connectivity index (χ4v) is 11.1. The van der Waals surface area contributed by atoms with Crippen LogP contribution < -0.4 is 0 Å². The minimum atomic E-state index is -3.49. The molecule has 0 radical (unpaired) electrons. The van der Waals surface area contributed by atoms with Crippen LogP contribution in [0.15, 0.2) is 60.7 Å². The van der Waals surface area contributed by atoms with Crippen LogP contribution in [0, 0.1) is 0 Å². The highest BCUT2D eigenvalue weighted by Crippen LogP contribution is 2.41. The topological polar surface area (TPSA) is 99.7 Å². The molecule has 6 aliphatic rings. The highest BCUT2D eigenvalue weighted by atomic mass is 32.2. The third kappa shape index (κ3) is 5.45. The number of nitrogens with zero attached hydrogens (tertiary/aromatic N) is 4. The van der Waals surface area contributed by atoms with Crippen LogP contribution in [0.1, 0.15) is 49.7 Å². The van der Waals surface area contributed by atoms with Gasteiger partial charge in [-0.15, -0.1) is 0 Å². The molecule has 6 fully saturated rings. The van der Waals surface area contributed by atoms with E-state index in [4.69, 9.17) is 8.37 Å². The van der Waals surface area contributed by atoms with Gasteiger partial charge in [0.05, 0.1) is 24.3 Å². The molecule has 8 rings (SSSR count). The van der Waals surface area contributed by atoms with Gasteiger partial charge in [-0.25, -0.2) is 0 Å². The quantitative estimate of drug-likeness (QED) is 0.517. The van der Waals surface area contributed by atoms with Crippen molar-refractivity contribution >= 4 is 20.6 Å².